The molecule has 122 valence electrons. The fraction of sp³-hybridized carbons (Fsp3) is 0.118. The number of ether oxygens (including phenoxy) is 1. The smallest absolute Gasteiger partial charge is 0.338 e. The summed E-state index contributed by atoms with van der Waals surface area (Å²) >= 11 is 1.40. The molecule has 0 spiro atoms. The van der Waals surface area contributed by atoms with Crippen molar-refractivity contribution in [3.63, 3.8) is 0 Å². The molecular weight excluding hydrogens is 331 g/mol. The molecule has 1 aromatic heterocycles. The maximum absolute atomic E-state index is 12.9. The maximum atomic E-state index is 12.9. The van der Waals surface area contributed by atoms with Crippen LogP contribution in [0, 0.1) is 5.82 Å². The van der Waals surface area contributed by atoms with Gasteiger partial charge in [-0.05, 0) is 36.4 Å². The number of hydrogen-bond donors (Lipinski definition) is 0. The number of methoxy groups -OCH3 is 1. The van der Waals surface area contributed by atoms with Crippen LogP contribution in [0.1, 0.15) is 16.2 Å². The summed E-state index contributed by atoms with van der Waals surface area (Å²) in [7, 11) is 1.34. The van der Waals surface area contributed by atoms with Crippen LogP contribution in [-0.2, 0) is 10.5 Å². The molecule has 24 heavy (non-hydrogen) atoms. The quantitative estimate of drug-likeness (QED) is 0.516. The van der Waals surface area contributed by atoms with Crippen LogP contribution in [-0.4, -0.2) is 23.2 Å². The summed E-state index contributed by atoms with van der Waals surface area (Å²) in [6.07, 6.45) is 0. The van der Waals surface area contributed by atoms with E-state index >= 15 is 0 Å². The second-order valence-electron chi connectivity index (χ2n) is 4.80. The van der Waals surface area contributed by atoms with Crippen LogP contribution in [0.25, 0.3) is 11.4 Å². The number of esters is 1. The molecule has 0 radical (unpaired) electrons. The lowest BCUT2D eigenvalue weighted by Gasteiger charge is -2.05. The van der Waals surface area contributed by atoms with Crippen LogP contribution in [0.4, 0.5) is 4.39 Å². The van der Waals surface area contributed by atoms with Crippen LogP contribution in [0.2, 0.25) is 0 Å². The first kappa shape index (κ1) is 16.2. The zero-order chi connectivity index (χ0) is 16.9. The summed E-state index contributed by atoms with van der Waals surface area (Å²) in [6.45, 7) is 0. The van der Waals surface area contributed by atoms with E-state index in [1.165, 1.54) is 31.0 Å². The lowest BCUT2D eigenvalue weighted by Crippen LogP contribution is -2.02. The molecule has 0 atom stereocenters. The molecule has 2 aromatic carbocycles. The Morgan fingerprint density at radius 1 is 1.21 bits per heavy atom. The number of carbonyl (C=O) groups excluding carboxylic acids is 1. The van der Waals surface area contributed by atoms with Gasteiger partial charge in [-0.2, -0.15) is 4.98 Å². The number of rotatable bonds is 5. The summed E-state index contributed by atoms with van der Waals surface area (Å²) in [4.78, 5) is 16.8. The van der Waals surface area contributed by atoms with E-state index in [1.54, 1.807) is 24.3 Å². The van der Waals surface area contributed by atoms with Crippen molar-refractivity contribution in [2.24, 2.45) is 0 Å². The topological polar surface area (TPSA) is 65.2 Å². The van der Waals surface area contributed by atoms with Crippen LogP contribution in [0.5, 0.6) is 0 Å². The summed E-state index contributed by atoms with van der Waals surface area (Å²) in [5.74, 6) is 0.501. The fourth-order valence-corrected chi connectivity index (χ4v) is 2.92. The Kier molecular flexibility index (Phi) is 4.90. The van der Waals surface area contributed by atoms with Crippen LogP contribution < -0.4 is 0 Å². The third kappa shape index (κ3) is 3.62. The molecule has 0 N–H and O–H groups in total. The Balaban J connectivity index is 1.72. The van der Waals surface area contributed by atoms with E-state index in [4.69, 9.17) is 9.26 Å². The molecule has 0 bridgehead atoms. The molecule has 0 saturated carbocycles. The number of hydrogen-bond acceptors (Lipinski definition) is 6. The minimum Gasteiger partial charge on any atom is -0.465 e. The number of carbonyl (C=O) groups is 1. The van der Waals surface area contributed by atoms with Crippen molar-refractivity contribution in [2.75, 3.05) is 7.11 Å². The lowest BCUT2D eigenvalue weighted by atomic mass is 10.2. The monoisotopic (exact) mass is 344 g/mol. The molecule has 3 aromatic rings. The largest absolute Gasteiger partial charge is 0.465 e. The highest BCUT2D eigenvalue weighted by molar-refractivity contribution is 7.98. The third-order valence-electron chi connectivity index (χ3n) is 3.21. The van der Waals surface area contributed by atoms with Crippen LogP contribution >= 0.6 is 11.8 Å². The molecule has 0 amide bonds. The Labute approximate surface area is 141 Å². The van der Waals surface area contributed by atoms with E-state index < -0.39 is 5.97 Å². The van der Waals surface area contributed by atoms with Gasteiger partial charge in [0.1, 0.15) is 5.82 Å². The molecule has 0 aliphatic carbocycles. The van der Waals surface area contributed by atoms with Gasteiger partial charge in [-0.1, -0.05) is 17.3 Å². The molecule has 0 saturated heterocycles. The first-order valence-electron chi connectivity index (χ1n) is 7.06. The average Bonchev–Trinajstić information content (AvgIpc) is 3.09. The van der Waals surface area contributed by atoms with Crippen molar-refractivity contribution in [1.82, 2.24) is 10.1 Å². The molecule has 7 heteroatoms. The minimum atomic E-state index is -0.393. The Hall–Kier alpha value is -2.67. The van der Waals surface area contributed by atoms with Crippen molar-refractivity contribution < 1.29 is 18.4 Å². The Morgan fingerprint density at radius 3 is 2.71 bits per heavy atom. The van der Waals surface area contributed by atoms with Crippen molar-refractivity contribution in [1.29, 1.82) is 0 Å². The lowest BCUT2D eigenvalue weighted by molar-refractivity contribution is 0.0597. The SMILES string of the molecule is COC(=O)c1ccccc1SCc1nc(-c2ccc(F)cc2)no1. The van der Waals surface area contributed by atoms with E-state index in [0.29, 0.717) is 28.6 Å². The predicted octanol–water partition coefficient (Wildman–Crippen LogP) is 3.95. The van der Waals surface area contributed by atoms with Crippen molar-refractivity contribution in [3.8, 4) is 11.4 Å². The van der Waals surface area contributed by atoms with Gasteiger partial charge in [0.15, 0.2) is 0 Å². The summed E-state index contributed by atoms with van der Waals surface area (Å²) < 4.78 is 22.9. The third-order valence-corrected chi connectivity index (χ3v) is 4.27. The van der Waals surface area contributed by atoms with Crippen LogP contribution in [0.15, 0.2) is 57.9 Å². The van der Waals surface area contributed by atoms with E-state index in [9.17, 15) is 9.18 Å². The van der Waals surface area contributed by atoms with Gasteiger partial charge >= 0.3 is 5.97 Å². The van der Waals surface area contributed by atoms with Gasteiger partial charge in [-0.25, -0.2) is 9.18 Å². The highest BCUT2D eigenvalue weighted by Gasteiger charge is 2.14. The zero-order valence-electron chi connectivity index (χ0n) is 12.7. The number of nitrogens with zero attached hydrogens (tertiary/aromatic N) is 2. The molecule has 0 aliphatic heterocycles. The average molecular weight is 344 g/mol. The van der Waals surface area contributed by atoms with Crippen molar-refractivity contribution >= 4 is 17.7 Å². The molecule has 5 nitrogen and oxygen atoms in total. The minimum absolute atomic E-state index is 0.322. The maximum Gasteiger partial charge on any atom is 0.338 e. The van der Waals surface area contributed by atoms with Crippen molar-refractivity contribution in [3.05, 3.63) is 65.8 Å². The normalized spacial score (nSPS) is 10.6. The molecule has 1 heterocycles. The van der Waals surface area contributed by atoms with E-state index in [1.807, 2.05) is 12.1 Å². The van der Waals surface area contributed by atoms with Gasteiger partial charge in [-0.15, -0.1) is 11.8 Å². The van der Waals surface area contributed by atoms with Crippen LogP contribution in [0.3, 0.4) is 0 Å². The molecule has 0 aliphatic rings. The van der Waals surface area contributed by atoms with Gasteiger partial charge in [0.25, 0.3) is 0 Å². The predicted molar refractivity (Wildman–Crippen MR) is 87.0 cm³/mol. The summed E-state index contributed by atoms with van der Waals surface area (Å²) in [5, 5.41) is 3.89. The number of halogens is 1. The highest BCUT2D eigenvalue weighted by Crippen LogP contribution is 2.27. The van der Waals surface area contributed by atoms with E-state index in [2.05, 4.69) is 10.1 Å². The first-order chi connectivity index (χ1) is 11.7. The number of aromatic nitrogens is 2. The number of benzene rings is 2. The van der Waals surface area contributed by atoms with Crippen molar-refractivity contribution in [2.45, 2.75) is 10.6 Å². The first-order valence-corrected chi connectivity index (χ1v) is 8.04. The standard InChI is InChI=1S/C17H13FN2O3S/c1-22-17(21)13-4-2-3-5-14(13)24-10-15-19-16(20-23-15)11-6-8-12(18)9-7-11/h2-9H,10H2,1H3. The number of thioether (sulfide) groups is 1. The van der Waals surface area contributed by atoms with Gasteiger partial charge < -0.3 is 9.26 Å². The second-order valence-corrected chi connectivity index (χ2v) is 5.81. The summed E-state index contributed by atoms with van der Waals surface area (Å²) in [6, 6.07) is 13.0. The van der Waals surface area contributed by atoms with Gasteiger partial charge in [0, 0.05) is 10.5 Å². The van der Waals surface area contributed by atoms with Gasteiger partial charge in [0.2, 0.25) is 11.7 Å². The molecular formula is C17H13FN2O3S. The van der Waals surface area contributed by atoms with E-state index in [-0.39, 0.29) is 5.82 Å². The fourth-order valence-electron chi connectivity index (χ4n) is 2.04. The zero-order valence-corrected chi connectivity index (χ0v) is 13.5. The molecule has 0 fully saturated rings. The second kappa shape index (κ2) is 7.27. The Morgan fingerprint density at radius 2 is 1.96 bits per heavy atom. The Bertz CT molecular complexity index is 849. The summed E-state index contributed by atoms with van der Waals surface area (Å²) in [5.41, 5.74) is 1.16. The highest BCUT2D eigenvalue weighted by atomic mass is 32.2. The molecule has 3 rings (SSSR count). The van der Waals surface area contributed by atoms with Gasteiger partial charge in [0.05, 0.1) is 18.4 Å². The van der Waals surface area contributed by atoms with Gasteiger partial charge in [-0.3, -0.25) is 0 Å². The van der Waals surface area contributed by atoms with E-state index in [0.717, 1.165) is 4.90 Å². The molecule has 0 unspecified atom stereocenters.